The number of anilines is 1. The standard InChI is InChI=1S/C19H20N2O7/c1-12-5-4-6-13(2)19(12)28-11-18(23)27-10-17(22)20-15-8-7-14(21(24)25)9-16(15)26-3/h4-9H,10-11H2,1-3H3,(H,20,22). The highest BCUT2D eigenvalue weighted by atomic mass is 16.6. The van der Waals surface area contributed by atoms with Crippen LogP contribution in [-0.2, 0) is 14.3 Å². The Hall–Kier alpha value is -3.62. The van der Waals surface area contributed by atoms with Crippen LogP contribution in [0, 0.1) is 24.0 Å². The van der Waals surface area contributed by atoms with Crippen LogP contribution >= 0.6 is 0 Å². The molecular weight excluding hydrogens is 368 g/mol. The lowest BCUT2D eigenvalue weighted by molar-refractivity contribution is -0.384. The van der Waals surface area contributed by atoms with Gasteiger partial charge in [0.25, 0.3) is 11.6 Å². The largest absolute Gasteiger partial charge is 0.494 e. The summed E-state index contributed by atoms with van der Waals surface area (Å²) in [6.07, 6.45) is 0. The Kier molecular flexibility index (Phi) is 6.91. The number of nitrogens with zero attached hydrogens (tertiary/aromatic N) is 1. The van der Waals surface area contributed by atoms with Crippen molar-refractivity contribution in [1.29, 1.82) is 0 Å². The smallest absolute Gasteiger partial charge is 0.344 e. The van der Waals surface area contributed by atoms with E-state index in [-0.39, 0.29) is 23.7 Å². The molecule has 0 aliphatic rings. The third-order valence-electron chi connectivity index (χ3n) is 3.78. The van der Waals surface area contributed by atoms with E-state index in [4.69, 9.17) is 14.2 Å². The molecule has 28 heavy (non-hydrogen) atoms. The highest BCUT2D eigenvalue weighted by molar-refractivity contribution is 5.94. The molecule has 0 aromatic heterocycles. The van der Waals surface area contributed by atoms with Gasteiger partial charge in [0.2, 0.25) is 0 Å². The van der Waals surface area contributed by atoms with Gasteiger partial charge < -0.3 is 19.5 Å². The lowest BCUT2D eigenvalue weighted by atomic mass is 10.1. The number of benzene rings is 2. The summed E-state index contributed by atoms with van der Waals surface area (Å²) in [5, 5.41) is 13.2. The van der Waals surface area contributed by atoms with Crippen molar-refractivity contribution in [3.8, 4) is 11.5 Å². The molecule has 2 aromatic carbocycles. The Labute approximate surface area is 161 Å². The Morgan fingerprint density at radius 1 is 1.11 bits per heavy atom. The van der Waals surface area contributed by atoms with Crippen molar-refractivity contribution >= 4 is 23.3 Å². The number of rotatable bonds is 8. The molecule has 0 aliphatic heterocycles. The molecule has 0 saturated carbocycles. The molecule has 0 spiro atoms. The summed E-state index contributed by atoms with van der Waals surface area (Å²) in [6.45, 7) is 2.85. The van der Waals surface area contributed by atoms with E-state index in [1.54, 1.807) is 0 Å². The lowest BCUT2D eigenvalue weighted by Crippen LogP contribution is -2.24. The van der Waals surface area contributed by atoms with Gasteiger partial charge in [-0.2, -0.15) is 0 Å². The van der Waals surface area contributed by atoms with Crippen molar-refractivity contribution in [2.24, 2.45) is 0 Å². The van der Waals surface area contributed by atoms with E-state index in [9.17, 15) is 19.7 Å². The van der Waals surface area contributed by atoms with Crippen molar-refractivity contribution in [2.75, 3.05) is 25.6 Å². The maximum atomic E-state index is 12.0. The first-order valence-corrected chi connectivity index (χ1v) is 8.28. The highest BCUT2D eigenvalue weighted by Gasteiger charge is 2.15. The third kappa shape index (κ3) is 5.44. The SMILES string of the molecule is COc1cc([N+](=O)[O-])ccc1NC(=O)COC(=O)COc1c(C)cccc1C. The zero-order valence-electron chi connectivity index (χ0n) is 15.7. The van der Waals surface area contributed by atoms with Crippen LogP contribution < -0.4 is 14.8 Å². The van der Waals surface area contributed by atoms with Crippen molar-refractivity contribution < 1.29 is 28.7 Å². The number of hydrogen-bond acceptors (Lipinski definition) is 7. The first kappa shape index (κ1) is 20.7. The predicted octanol–water partition coefficient (Wildman–Crippen LogP) is 2.78. The minimum Gasteiger partial charge on any atom is -0.494 e. The number of non-ortho nitro benzene ring substituents is 1. The van der Waals surface area contributed by atoms with E-state index < -0.39 is 23.4 Å². The summed E-state index contributed by atoms with van der Waals surface area (Å²) in [5.74, 6) is -0.604. The summed E-state index contributed by atoms with van der Waals surface area (Å²) in [6, 6.07) is 9.34. The van der Waals surface area contributed by atoms with Gasteiger partial charge in [-0.15, -0.1) is 0 Å². The Bertz CT molecular complexity index is 876. The van der Waals surface area contributed by atoms with Crippen LogP contribution in [0.25, 0.3) is 0 Å². The van der Waals surface area contributed by atoms with Gasteiger partial charge in [-0.3, -0.25) is 14.9 Å². The number of esters is 1. The normalized spacial score (nSPS) is 10.1. The molecule has 1 amide bonds. The summed E-state index contributed by atoms with van der Waals surface area (Å²) < 4.78 is 15.4. The minimum atomic E-state index is -0.700. The number of para-hydroxylation sites is 1. The molecule has 2 rings (SSSR count). The molecular formula is C19H20N2O7. The van der Waals surface area contributed by atoms with Gasteiger partial charge >= 0.3 is 5.97 Å². The van der Waals surface area contributed by atoms with Crippen LogP contribution in [0.4, 0.5) is 11.4 Å². The molecule has 0 aliphatic carbocycles. The van der Waals surface area contributed by atoms with E-state index in [0.29, 0.717) is 5.75 Å². The van der Waals surface area contributed by atoms with Gasteiger partial charge in [-0.25, -0.2) is 4.79 Å². The third-order valence-corrected chi connectivity index (χ3v) is 3.78. The van der Waals surface area contributed by atoms with Crippen molar-refractivity contribution in [3.05, 3.63) is 57.6 Å². The fraction of sp³-hybridized carbons (Fsp3) is 0.263. The zero-order chi connectivity index (χ0) is 20.7. The second kappa shape index (κ2) is 9.36. The summed E-state index contributed by atoms with van der Waals surface area (Å²) >= 11 is 0. The highest BCUT2D eigenvalue weighted by Crippen LogP contribution is 2.29. The molecule has 148 valence electrons. The maximum Gasteiger partial charge on any atom is 0.344 e. The van der Waals surface area contributed by atoms with E-state index in [0.717, 1.165) is 11.1 Å². The van der Waals surface area contributed by atoms with Gasteiger partial charge in [0, 0.05) is 6.07 Å². The molecule has 0 unspecified atom stereocenters. The van der Waals surface area contributed by atoms with Crippen LogP contribution in [0.15, 0.2) is 36.4 Å². The van der Waals surface area contributed by atoms with Gasteiger partial charge in [-0.1, -0.05) is 18.2 Å². The zero-order valence-corrected chi connectivity index (χ0v) is 15.7. The number of aryl methyl sites for hydroxylation is 2. The van der Waals surface area contributed by atoms with Gasteiger partial charge in [0.05, 0.1) is 23.8 Å². The molecule has 9 nitrogen and oxygen atoms in total. The summed E-state index contributed by atoms with van der Waals surface area (Å²) in [5.41, 5.74) is 1.82. The van der Waals surface area contributed by atoms with Gasteiger partial charge in [0.15, 0.2) is 13.2 Å². The first-order valence-electron chi connectivity index (χ1n) is 8.28. The quantitative estimate of drug-likeness (QED) is 0.420. The monoisotopic (exact) mass is 388 g/mol. The first-order chi connectivity index (χ1) is 13.3. The number of nitro benzene ring substituents is 1. The van der Waals surface area contributed by atoms with Crippen LogP contribution in [0.1, 0.15) is 11.1 Å². The second-order valence-corrected chi connectivity index (χ2v) is 5.86. The van der Waals surface area contributed by atoms with E-state index >= 15 is 0 Å². The van der Waals surface area contributed by atoms with E-state index in [2.05, 4.69) is 5.32 Å². The Balaban J connectivity index is 1.87. The fourth-order valence-electron chi connectivity index (χ4n) is 2.43. The Morgan fingerprint density at radius 3 is 2.39 bits per heavy atom. The minimum absolute atomic E-state index is 0.118. The van der Waals surface area contributed by atoms with Crippen molar-refractivity contribution in [1.82, 2.24) is 0 Å². The van der Waals surface area contributed by atoms with E-state index in [1.165, 1.54) is 25.3 Å². The molecule has 0 heterocycles. The molecule has 0 radical (unpaired) electrons. The average Bonchev–Trinajstić information content (AvgIpc) is 2.66. The topological polar surface area (TPSA) is 117 Å². The number of ether oxygens (including phenoxy) is 3. The number of nitrogens with one attached hydrogen (secondary N) is 1. The fourth-order valence-corrected chi connectivity index (χ4v) is 2.43. The average molecular weight is 388 g/mol. The van der Waals surface area contributed by atoms with Gasteiger partial charge in [-0.05, 0) is 31.0 Å². The van der Waals surface area contributed by atoms with E-state index in [1.807, 2.05) is 32.0 Å². The van der Waals surface area contributed by atoms with Crippen LogP contribution in [-0.4, -0.2) is 37.1 Å². The van der Waals surface area contributed by atoms with Crippen molar-refractivity contribution in [2.45, 2.75) is 13.8 Å². The Morgan fingerprint density at radius 2 is 1.79 bits per heavy atom. The lowest BCUT2D eigenvalue weighted by Gasteiger charge is -2.12. The number of carbonyl (C=O) groups excluding carboxylic acids is 2. The number of nitro groups is 1. The molecule has 0 saturated heterocycles. The van der Waals surface area contributed by atoms with Crippen LogP contribution in [0.2, 0.25) is 0 Å². The molecule has 1 N–H and O–H groups in total. The van der Waals surface area contributed by atoms with Crippen LogP contribution in [0.3, 0.4) is 0 Å². The molecule has 9 heteroatoms. The number of methoxy groups -OCH3 is 1. The molecule has 0 bridgehead atoms. The van der Waals surface area contributed by atoms with Gasteiger partial charge in [0.1, 0.15) is 11.5 Å². The summed E-state index contributed by atoms with van der Waals surface area (Å²) in [7, 11) is 1.32. The molecule has 0 atom stereocenters. The number of carbonyl (C=O) groups is 2. The van der Waals surface area contributed by atoms with Crippen LogP contribution in [0.5, 0.6) is 11.5 Å². The summed E-state index contributed by atoms with van der Waals surface area (Å²) in [4.78, 5) is 34.0. The molecule has 2 aromatic rings. The number of amides is 1. The molecule has 0 fully saturated rings. The predicted molar refractivity (Wildman–Crippen MR) is 101 cm³/mol. The van der Waals surface area contributed by atoms with Crippen molar-refractivity contribution in [3.63, 3.8) is 0 Å². The number of hydrogen-bond donors (Lipinski definition) is 1. The second-order valence-electron chi connectivity index (χ2n) is 5.86. The maximum absolute atomic E-state index is 12.0.